The van der Waals surface area contributed by atoms with Crippen molar-refractivity contribution in [2.24, 2.45) is 4.99 Å². The second-order valence-corrected chi connectivity index (χ2v) is 5.32. The number of rotatable bonds is 11. The molecule has 0 saturated heterocycles. The molecule has 0 spiro atoms. The molecule has 0 radical (unpaired) electrons. The molecule has 27 heavy (non-hydrogen) atoms. The summed E-state index contributed by atoms with van der Waals surface area (Å²) in [5, 5.41) is 6.07. The van der Waals surface area contributed by atoms with Crippen LogP contribution >= 0.6 is 0 Å². The van der Waals surface area contributed by atoms with Crippen molar-refractivity contribution >= 4 is 11.9 Å². The quantitative estimate of drug-likeness (QED) is 0.263. The highest BCUT2D eigenvalue weighted by Gasteiger charge is 2.16. The van der Waals surface area contributed by atoms with Gasteiger partial charge in [0.15, 0.2) is 17.5 Å². The van der Waals surface area contributed by atoms with Crippen LogP contribution in [-0.2, 0) is 16.1 Å². The molecule has 1 aromatic rings. The Morgan fingerprint density at radius 1 is 1.22 bits per heavy atom. The van der Waals surface area contributed by atoms with Gasteiger partial charge < -0.3 is 24.8 Å². The van der Waals surface area contributed by atoms with Gasteiger partial charge in [0.25, 0.3) is 0 Å². The number of guanidine groups is 1. The third kappa shape index (κ3) is 8.57. The maximum atomic E-state index is 12.7. The van der Waals surface area contributed by atoms with Gasteiger partial charge in [0.2, 0.25) is 0 Å². The molecule has 7 nitrogen and oxygen atoms in total. The largest absolute Gasteiger partial charge is 0.490 e. The molecular formula is C18H27F2N3O4. The van der Waals surface area contributed by atoms with Crippen LogP contribution in [0.1, 0.15) is 32.3 Å². The number of ether oxygens (including phenoxy) is 3. The Labute approximate surface area is 158 Å². The highest BCUT2D eigenvalue weighted by molar-refractivity contribution is 5.79. The standard InChI is InChI=1S/C18H27F2N3O4/c1-4-25-14-9-6-8-13(16(14)27-17(19)20)12-23-18(21-3)22-11-7-10-15(24)26-5-2/h6,8-9,17H,4-5,7,10-12H2,1-3H3,(H2,21,22,23). The van der Waals surface area contributed by atoms with Gasteiger partial charge in [0.1, 0.15) is 0 Å². The highest BCUT2D eigenvalue weighted by Crippen LogP contribution is 2.32. The molecule has 0 fully saturated rings. The van der Waals surface area contributed by atoms with E-state index in [0.717, 1.165) is 0 Å². The summed E-state index contributed by atoms with van der Waals surface area (Å²) in [5.74, 6) is 0.488. The van der Waals surface area contributed by atoms with Gasteiger partial charge in [0.05, 0.1) is 13.2 Å². The molecule has 0 aliphatic heterocycles. The van der Waals surface area contributed by atoms with E-state index in [1.165, 1.54) is 0 Å². The molecular weight excluding hydrogens is 360 g/mol. The minimum atomic E-state index is -2.95. The molecule has 0 aliphatic carbocycles. The first-order valence-electron chi connectivity index (χ1n) is 8.81. The van der Waals surface area contributed by atoms with Crippen LogP contribution < -0.4 is 20.1 Å². The van der Waals surface area contributed by atoms with Crippen molar-refractivity contribution < 1.29 is 27.8 Å². The fourth-order valence-corrected chi connectivity index (χ4v) is 2.26. The maximum absolute atomic E-state index is 12.7. The highest BCUT2D eigenvalue weighted by atomic mass is 19.3. The monoisotopic (exact) mass is 387 g/mol. The average Bonchev–Trinajstić information content (AvgIpc) is 2.63. The van der Waals surface area contributed by atoms with Crippen molar-refractivity contribution in [2.75, 3.05) is 26.8 Å². The second-order valence-electron chi connectivity index (χ2n) is 5.32. The Bertz CT molecular complexity index is 612. The van der Waals surface area contributed by atoms with E-state index in [4.69, 9.17) is 9.47 Å². The Balaban J connectivity index is 2.61. The van der Waals surface area contributed by atoms with E-state index in [-0.39, 0.29) is 24.0 Å². The number of halogens is 2. The molecule has 0 aromatic heterocycles. The lowest BCUT2D eigenvalue weighted by Crippen LogP contribution is -2.37. The number of carbonyl (C=O) groups excluding carboxylic acids is 1. The van der Waals surface area contributed by atoms with Gasteiger partial charge in [0, 0.05) is 32.1 Å². The van der Waals surface area contributed by atoms with Crippen molar-refractivity contribution in [1.82, 2.24) is 10.6 Å². The summed E-state index contributed by atoms with van der Waals surface area (Å²) in [6, 6.07) is 4.95. The molecule has 0 aliphatic rings. The molecule has 152 valence electrons. The third-order valence-electron chi connectivity index (χ3n) is 3.39. The molecule has 0 atom stereocenters. The topological polar surface area (TPSA) is 81.2 Å². The molecule has 1 aromatic carbocycles. The predicted octanol–water partition coefficient (Wildman–Crippen LogP) is 2.70. The van der Waals surface area contributed by atoms with Gasteiger partial charge in [-0.3, -0.25) is 9.79 Å². The van der Waals surface area contributed by atoms with Crippen molar-refractivity contribution in [2.45, 2.75) is 39.8 Å². The van der Waals surface area contributed by atoms with Crippen LogP contribution in [0.4, 0.5) is 8.78 Å². The molecule has 2 N–H and O–H groups in total. The van der Waals surface area contributed by atoms with E-state index < -0.39 is 6.61 Å². The first kappa shape index (κ1) is 22.5. The van der Waals surface area contributed by atoms with Gasteiger partial charge in [-0.1, -0.05) is 12.1 Å². The normalized spacial score (nSPS) is 11.3. The van der Waals surface area contributed by atoms with Crippen molar-refractivity contribution in [3.63, 3.8) is 0 Å². The van der Waals surface area contributed by atoms with Crippen LogP contribution in [0.5, 0.6) is 11.5 Å². The Hall–Kier alpha value is -2.58. The minimum absolute atomic E-state index is 0.000357. The number of hydrogen-bond donors (Lipinski definition) is 2. The first-order chi connectivity index (χ1) is 13.0. The van der Waals surface area contributed by atoms with Crippen LogP contribution in [-0.4, -0.2) is 45.3 Å². The van der Waals surface area contributed by atoms with Crippen LogP contribution in [0, 0.1) is 0 Å². The van der Waals surface area contributed by atoms with Crippen molar-refractivity contribution in [3.8, 4) is 11.5 Å². The second kappa shape index (κ2) is 12.7. The molecule has 0 heterocycles. The summed E-state index contributed by atoms with van der Waals surface area (Å²) in [5.41, 5.74) is 0.510. The fourth-order valence-electron chi connectivity index (χ4n) is 2.26. The van der Waals surface area contributed by atoms with Crippen LogP contribution in [0.15, 0.2) is 23.2 Å². The average molecular weight is 387 g/mol. The molecule has 0 amide bonds. The number of esters is 1. The number of carbonyl (C=O) groups is 1. The van der Waals surface area contributed by atoms with Gasteiger partial charge in [-0.15, -0.1) is 0 Å². The number of para-hydroxylation sites is 1. The summed E-state index contributed by atoms with van der Waals surface area (Å²) < 4.78 is 40.3. The molecule has 1 rings (SSSR count). The van der Waals surface area contributed by atoms with Gasteiger partial charge >= 0.3 is 12.6 Å². The van der Waals surface area contributed by atoms with Crippen LogP contribution in [0.2, 0.25) is 0 Å². The van der Waals surface area contributed by atoms with E-state index in [0.29, 0.717) is 44.1 Å². The zero-order valence-electron chi connectivity index (χ0n) is 15.9. The first-order valence-corrected chi connectivity index (χ1v) is 8.81. The Kier molecular flexibility index (Phi) is 10.6. The lowest BCUT2D eigenvalue weighted by Gasteiger charge is -2.17. The predicted molar refractivity (Wildman–Crippen MR) is 98.3 cm³/mol. The Morgan fingerprint density at radius 2 is 2.00 bits per heavy atom. The number of nitrogens with zero attached hydrogens (tertiary/aromatic N) is 1. The number of benzene rings is 1. The third-order valence-corrected chi connectivity index (χ3v) is 3.39. The molecule has 0 saturated carbocycles. The summed E-state index contributed by atoms with van der Waals surface area (Å²) in [6.07, 6.45) is 0.889. The van der Waals surface area contributed by atoms with E-state index in [9.17, 15) is 13.6 Å². The zero-order chi connectivity index (χ0) is 20.1. The number of aliphatic imine (C=N–C) groups is 1. The van der Waals surface area contributed by atoms with E-state index in [1.807, 2.05) is 0 Å². The summed E-state index contributed by atoms with van der Waals surface area (Å²) in [6.45, 7) is 1.98. The molecule has 0 unspecified atom stereocenters. The summed E-state index contributed by atoms with van der Waals surface area (Å²) in [4.78, 5) is 15.4. The van der Waals surface area contributed by atoms with Crippen LogP contribution in [0.25, 0.3) is 0 Å². The Morgan fingerprint density at radius 3 is 2.63 bits per heavy atom. The van der Waals surface area contributed by atoms with Gasteiger partial charge in [-0.25, -0.2) is 0 Å². The smallest absolute Gasteiger partial charge is 0.387 e. The zero-order valence-corrected chi connectivity index (χ0v) is 15.9. The molecule has 9 heteroatoms. The summed E-state index contributed by atoms with van der Waals surface area (Å²) in [7, 11) is 1.59. The van der Waals surface area contributed by atoms with E-state index in [1.54, 1.807) is 39.1 Å². The lowest BCUT2D eigenvalue weighted by atomic mass is 10.2. The van der Waals surface area contributed by atoms with Crippen molar-refractivity contribution in [1.29, 1.82) is 0 Å². The lowest BCUT2D eigenvalue weighted by molar-refractivity contribution is -0.143. The van der Waals surface area contributed by atoms with E-state index >= 15 is 0 Å². The number of nitrogens with one attached hydrogen (secondary N) is 2. The van der Waals surface area contributed by atoms with Gasteiger partial charge in [-0.05, 0) is 26.3 Å². The molecule has 0 bridgehead atoms. The van der Waals surface area contributed by atoms with Gasteiger partial charge in [-0.2, -0.15) is 8.78 Å². The summed E-state index contributed by atoms with van der Waals surface area (Å²) >= 11 is 0. The SMILES string of the molecule is CCOC(=O)CCCNC(=NC)NCc1cccc(OCC)c1OC(F)F. The minimum Gasteiger partial charge on any atom is -0.490 e. The number of alkyl halides is 2. The maximum Gasteiger partial charge on any atom is 0.387 e. The van der Waals surface area contributed by atoms with E-state index in [2.05, 4.69) is 20.4 Å². The number of hydrogen-bond acceptors (Lipinski definition) is 5. The van der Waals surface area contributed by atoms with Crippen molar-refractivity contribution in [3.05, 3.63) is 23.8 Å². The van der Waals surface area contributed by atoms with Crippen LogP contribution in [0.3, 0.4) is 0 Å². The fraction of sp³-hybridized carbons (Fsp3) is 0.556.